The fourth-order valence-corrected chi connectivity index (χ4v) is 2.70. The van der Waals surface area contributed by atoms with Crippen molar-refractivity contribution in [3.05, 3.63) is 24.5 Å². The number of fused-ring (bicyclic) bond motifs is 1. The normalized spacial score (nSPS) is 15.8. The predicted octanol–water partition coefficient (Wildman–Crippen LogP) is -0.396. The number of nitrogens with one attached hydrogen (secondary N) is 2. The highest BCUT2D eigenvalue weighted by molar-refractivity contribution is 6.39. The van der Waals surface area contributed by atoms with E-state index in [-0.39, 0.29) is 0 Å². The summed E-state index contributed by atoms with van der Waals surface area (Å²) in [6.45, 7) is 4.01. The minimum absolute atomic E-state index is 0.498. The molecule has 1 aliphatic rings. The second kappa shape index (κ2) is 6.76. The molecule has 2 amide bonds. The van der Waals surface area contributed by atoms with Crippen LogP contribution in [0.25, 0.3) is 11.0 Å². The van der Waals surface area contributed by atoms with Gasteiger partial charge < -0.3 is 20.9 Å². The van der Waals surface area contributed by atoms with Gasteiger partial charge in [-0.05, 0) is 18.2 Å². The van der Waals surface area contributed by atoms with Crippen molar-refractivity contribution in [3.8, 4) is 0 Å². The number of piperazine rings is 1. The predicted molar refractivity (Wildman–Crippen MR) is 86.8 cm³/mol. The number of rotatable bonds is 3. The van der Waals surface area contributed by atoms with E-state index in [4.69, 9.17) is 5.73 Å². The molecule has 0 bridgehead atoms. The number of benzene rings is 1. The molecule has 0 radical (unpaired) electrons. The Hall–Kier alpha value is -2.45. The quantitative estimate of drug-likeness (QED) is 0.668. The number of aromatic nitrogens is 2. The maximum Gasteiger partial charge on any atom is 0.313 e. The van der Waals surface area contributed by atoms with Crippen LogP contribution in [0, 0.1) is 0 Å². The lowest BCUT2D eigenvalue weighted by Crippen LogP contribution is -2.52. The molecule has 1 fully saturated rings. The Morgan fingerprint density at radius 2 is 2.04 bits per heavy atom. The number of aromatic amines is 1. The number of anilines is 1. The molecule has 4 N–H and O–H groups in total. The summed E-state index contributed by atoms with van der Waals surface area (Å²) in [7, 11) is 0. The molecular formula is C15H20N6O2. The van der Waals surface area contributed by atoms with Crippen LogP contribution in [0.15, 0.2) is 24.5 Å². The van der Waals surface area contributed by atoms with E-state index in [0.717, 1.165) is 30.7 Å². The lowest BCUT2D eigenvalue weighted by Gasteiger charge is -2.34. The standard InChI is InChI=1S/C15H20N6O2/c16-3-4-20-5-7-21(8-6-20)15(23)14(22)19-11-1-2-12-13(9-11)18-10-17-12/h1-2,9-10H,3-8,16H2,(H,17,18)(H,19,22). The van der Waals surface area contributed by atoms with Crippen molar-refractivity contribution in [2.24, 2.45) is 5.73 Å². The largest absolute Gasteiger partial charge is 0.345 e. The Morgan fingerprint density at radius 1 is 1.26 bits per heavy atom. The number of imidazole rings is 1. The summed E-state index contributed by atoms with van der Waals surface area (Å²) in [5.41, 5.74) is 7.72. The van der Waals surface area contributed by atoms with E-state index in [1.54, 1.807) is 29.4 Å². The van der Waals surface area contributed by atoms with Crippen LogP contribution in [0.2, 0.25) is 0 Å². The lowest BCUT2D eigenvalue weighted by atomic mass is 10.2. The average Bonchev–Trinajstić information content (AvgIpc) is 3.03. The maximum absolute atomic E-state index is 12.2. The summed E-state index contributed by atoms with van der Waals surface area (Å²) in [6, 6.07) is 5.28. The van der Waals surface area contributed by atoms with Gasteiger partial charge in [0.25, 0.3) is 0 Å². The lowest BCUT2D eigenvalue weighted by molar-refractivity contribution is -0.144. The molecule has 0 aliphatic carbocycles. The van der Waals surface area contributed by atoms with E-state index in [2.05, 4.69) is 20.2 Å². The molecule has 0 atom stereocenters. The van der Waals surface area contributed by atoms with Crippen molar-refractivity contribution in [1.29, 1.82) is 0 Å². The molecule has 1 saturated heterocycles. The van der Waals surface area contributed by atoms with Crippen molar-refractivity contribution >= 4 is 28.5 Å². The molecule has 2 heterocycles. The van der Waals surface area contributed by atoms with E-state index < -0.39 is 11.8 Å². The van der Waals surface area contributed by atoms with Gasteiger partial charge in [0.05, 0.1) is 17.4 Å². The van der Waals surface area contributed by atoms with Crippen LogP contribution >= 0.6 is 0 Å². The molecule has 3 rings (SSSR count). The SMILES string of the molecule is NCCN1CCN(C(=O)C(=O)Nc2ccc3nc[nH]c3c2)CC1. The molecule has 0 saturated carbocycles. The summed E-state index contributed by atoms with van der Waals surface area (Å²) in [5.74, 6) is -1.11. The third-order valence-electron chi connectivity index (χ3n) is 3.98. The van der Waals surface area contributed by atoms with E-state index in [1.165, 1.54) is 0 Å². The third-order valence-corrected chi connectivity index (χ3v) is 3.98. The van der Waals surface area contributed by atoms with Crippen LogP contribution in [-0.2, 0) is 9.59 Å². The van der Waals surface area contributed by atoms with Crippen molar-refractivity contribution in [2.75, 3.05) is 44.6 Å². The van der Waals surface area contributed by atoms with Crippen LogP contribution in [0.5, 0.6) is 0 Å². The van der Waals surface area contributed by atoms with Gasteiger partial charge in [0.2, 0.25) is 0 Å². The second-order valence-electron chi connectivity index (χ2n) is 5.51. The Labute approximate surface area is 133 Å². The zero-order valence-electron chi connectivity index (χ0n) is 12.8. The monoisotopic (exact) mass is 316 g/mol. The third kappa shape index (κ3) is 3.49. The van der Waals surface area contributed by atoms with E-state index in [1.807, 2.05) is 0 Å². The molecule has 23 heavy (non-hydrogen) atoms. The van der Waals surface area contributed by atoms with Gasteiger partial charge in [0, 0.05) is 45.0 Å². The van der Waals surface area contributed by atoms with Crippen LogP contribution < -0.4 is 11.1 Å². The van der Waals surface area contributed by atoms with Crippen molar-refractivity contribution in [1.82, 2.24) is 19.8 Å². The maximum atomic E-state index is 12.2. The van der Waals surface area contributed by atoms with Gasteiger partial charge in [-0.2, -0.15) is 0 Å². The van der Waals surface area contributed by atoms with Crippen molar-refractivity contribution < 1.29 is 9.59 Å². The Balaban J connectivity index is 1.58. The topological polar surface area (TPSA) is 107 Å². The number of nitrogens with two attached hydrogens (primary N) is 1. The summed E-state index contributed by atoms with van der Waals surface area (Å²) in [6.07, 6.45) is 1.59. The minimum Gasteiger partial charge on any atom is -0.345 e. The summed E-state index contributed by atoms with van der Waals surface area (Å²) < 4.78 is 0. The first-order chi connectivity index (χ1) is 11.2. The molecule has 1 aliphatic heterocycles. The zero-order chi connectivity index (χ0) is 16.2. The number of amides is 2. The minimum atomic E-state index is -0.615. The fourth-order valence-electron chi connectivity index (χ4n) is 2.70. The number of hydrogen-bond acceptors (Lipinski definition) is 5. The smallest absolute Gasteiger partial charge is 0.313 e. The molecule has 8 nitrogen and oxygen atoms in total. The van der Waals surface area contributed by atoms with Gasteiger partial charge in [-0.1, -0.05) is 0 Å². The summed E-state index contributed by atoms with van der Waals surface area (Å²) >= 11 is 0. The van der Waals surface area contributed by atoms with Crippen LogP contribution in [0.1, 0.15) is 0 Å². The molecule has 0 unspecified atom stereocenters. The van der Waals surface area contributed by atoms with E-state index in [9.17, 15) is 9.59 Å². The van der Waals surface area contributed by atoms with E-state index in [0.29, 0.717) is 25.3 Å². The van der Waals surface area contributed by atoms with E-state index >= 15 is 0 Å². The highest BCUT2D eigenvalue weighted by Gasteiger charge is 2.25. The van der Waals surface area contributed by atoms with Crippen molar-refractivity contribution in [3.63, 3.8) is 0 Å². The Bertz CT molecular complexity index is 705. The first-order valence-corrected chi connectivity index (χ1v) is 7.63. The molecule has 1 aromatic heterocycles. The number of hydrogen-bond donors (Lipinski definition) is 3. The first-order valence-electron chi connectivity index (χ1n) is 7.63. The van der Waals surface area contributed by atoms with Crippen LogP contribution in [0.4, 0.5) is 5.69 Å². The van der Waals surface area contributed by atoms with Gasteiger partial charge in [0.1, 0.15) is 0 Å². The average molecular weight is 316 g/mol. The van der Waals surface area contributed by atoms with Crippen molar-refractivity contribution in [2.45, 2.75) is 0 Å². The molecule has 1 aromatic carbocycles. The van der Waals surface area contributed by atoms with Gasteiger partial charge in [-0.3, -0.25) is 14.5 Å². The van der Waals surface area contributed by atoms with Gasteiger partial charge in [0.15, 0.2) is 0 Å². The number of nitrogens with zero attached hydrogens (tertiary/aromatic N) is 3. The number of carbonyl (C=O) groups excluding carboxylic acids is 2. The van der Waals surface area contributed by atoms with Gasteiger partial charge >= 0.3 is 11.8 Å². The van der Waals surface area contributed by atoms with Crippen LogP contribution in [0.3, 0.4) is 0 Å². The second-order valence-corrected chi connectivity index (χ2v) is 5.51. The molecule has 2 aromatic rings. The fraction of sp³-hybridized carbons (Fsp3) is 0.400. The molecular weight excluding hydrogens is 296 g/mol. The first kappa shape index (κ1) is 15.4. The Morgan fingerprint density at radius 3 is 2.78 bits per heavy atom. The number of carbonyl (C=O) groups is 2. The zero-order valence-corrected chi connectivity index (χ0v) is 12.8. The summed E-state index contributed by atoms with van der Waals surface area (Å²) in [5, 5.41) is 2.65. The highest BCUT2D eigenvalue weighted by atomic mass is 16.2. The van der Waals surface area contributed by atoms with Gasteiger partial charge in [-0.15, -0.1) is 0 Å². The van der Waals surface area contributed by atoms with Gasteiger partial charge in [-0.25, -0.2) is 4.98 Å². The molecule has 0 spiro atoms. The Kier molecular flexibility index (Phi) is 4.54. The highest BCUT2D eigenvalue weighted by Crippen LogP contribution is 2.15. The molecule has 122 valence electrons. The number of H-pyrrole nitrogens is 1. The molecule has 8 heteroatoms. The summed E-state index contributed by atoms with van der Waals surface area (Å²) in [4.78, 5) is 35.2. The van der Waals surface area contributed by atoms with Crippen LogP contribution in [-0.4, -0.2) is 70.9 Å².